The average Bonchev–Trinajstić information content (AvgIpc) is 3.30. The molecule has 4 nitrogen and oxygen atoms in total. The zero-order chi connectivity index (χ0) is 13.1. The summed E-state index contributed by atoms with van der Waals surface area (Å²) in [7, 11) is 0. The second-order valence-electron chi connectivity index (χ2n) is 5.61. The maximum Gasteiger partial charge on any atom is 0.130 e. The van der Waals surface area contributed by atoms with Crippen molar-refractivity contribution in [3.63, 3.8) is 0 Å². The number of nitrogens with one attached hydrogen (secondary N) is 1. The second-order valence-corrected chi connectivity index (χ2v) is 5.61. The van der Waals surface area contributed by atoms with Gasteiger partial charge in [-0.1, -0.05) is 0 Å². The van der Waals surface area contributed by atoms with Gasteiger partial charge in [-0.15, -0.1) is 0 Å². The zero-order valence-electron chi connectivity index (χ0n) is 11.2. The number of piperidine rings is 1. The minimum absolute atomic E-state index is 0.642. The molecular formula is C15H20N4. The Morgan fingerprint density at radius 2 is 2.32 bits per heavy atom. The normalized spacial score (nSPS) is 22.8. The Balaban J connectivity index is 1.74. The van der Waals surface area contributed by atoms with Crippen LogP contribution in [-0.2, 0) is 0 Å². The lowest BCUT2D eigenvalue weighted by Crippen LogP contribution is -2.39. The molecule has 4 heteroatoms. The van der Waals surface area contributed by atoms with Gasteiger partial charge < -0.3 is 10.2 Å². The van der Waals surface area contributed by atoms with Crippen molar-refractivity contribution in [3.8, 4) is 6.07 Å². The minimum Gasteiger partial charge on any atom is -0.353 e. The molecule has 1 saturated carbocycles. The highest BCUT2D eigenvalue weighted by Crippen LogP contribution is 2.32. The lowest BCUT2D eigenvalue weighted by molar-refractivity contribution is 0.375. The lowest BCUT2D eigenvalue weighted by Gasteiger charge is -2.31. The first-order valence-electron chi connectivity index (χ1n) is 7.20. The summed E-state index contributed by atoms with van der Waals surface area (Å²) in [6.07, 6.45) is 6.85. The monoisotopic (exact) mass is 256 g/mol. The van der Waals surface area contributed by atoms with Crippen molar-refractivity contribution in [3.05, 3.63) is 23.9 Å². The Hall–Kier alpha value is -1.60. The van der Waals surface area contributed by atoms with E-state index < -0.39 is 0 Å². The standard InChI is InChI=1S/C15H20N4/c16-9-12-5-7-18-15(8-12)19(14-3-4-14)11-13-2-1-6-17-10-13/h5,7-8,13-14,17H,1-4,6,10-11H2. The van der Waals surface area contributed by atoms with E-state index >= 15 is 0 Å². The van der Waals surface area contributed by atoms with Crippen molar-refractivity contribution in [2.75, 3.05) is 24.5 Å². The van der Waals surface area contributed by atoms with E-state index in [4.69, 9.17) is 5.26 Å². The minimum atomic E-state index is 0.642. The largest absolute Gasteiger partial charge is 0.353 e. The molecule has 2 aliphatic rings. The van der Waals surface area contributed by atoms with Gasteiger partial charge in [0.1, 0.15) is 5.82 Å². The summed E-state index contributed by atoms with van der Waals surface area (Å²) in [5, 5.41) is 12.5. The molecule has 2 heterocycles. The Morgan fingerprint density at radius 3 is 3.00 bits per heavy atom. The quantitative estimate of drug-likeness (QED) is 0.894. The Morgan fingerprint density at radius 1 is 1.42 bits per heavy atom. The van der Waals surface area contributed by atoms with E-state index in [1.54, 1.807) is 12.3 Å². The molecule has 1 aliphatic carbocycles. The van der Waals surface area contributed by atoms with Gasteiger partial charge in [0.2, 0.25) is 0 Å². The van der Waals surface area contributed by atoms with Crippen molar-refractivity contribution in [1.29, 1.82) is 5.26 Å². The number of rotatable bonds is 4. The molecule has 0 amide bonds. The van der Waals surface area contributed by atoms with Crippen molar-refractivity contribution in [2.24, 2.45) is 5.92 Å². The zero-order valence-corrected chi connectivity index (χ0v) is 11.2. The van der Waals surface area contributed by atoms with Crippen LogP contribution in [0.15, 0.2) is 18.3 Å². The molecular weight excluding hydrogens is 236 g/mol. The Labute approximate surface area is 114 Å². The van der Waals surface area contributed by atoms with Gasteiger partial charge in [0.15, 0.2) is 0 Å². The third kappa shape index (κ3) is 3.05. The SMILES string of the molecule is N#Cc1ccnc(N(CC2CCCNC2)C2CC2)c1. The number of hydrogen-bond donors (Lipinski definition) is 1. The van der Waals surface area contributed by atoms with Crippen LogP contribution in [0.2, 0.25) is 0 Å². The molecule has 100 valence electrons. The van der Waals surface area contributed by atoms with Gasteiger partial charge in [0, 0.05) is 18.8 Å². The van der Waals surface area contributed by atoms with Crippen molar-refractivity contribution in [1.82, 2.24) is 10.3 Å². The average molecular weight is 256 g/mol. The van der Waals surface area contributed by atoms with Crippen LogP contribution in [0.5, 0.6) is 0 Å². The fraction of sp³-hybridized carbons (Fsp3) is 0.600. The smallest absolute Gasteiger partial charge is 0.130 e. The summed E-state index contributed by atoms with van der Waals surface area (Å²) in [6.45, 7) is 3.34. The molecule has 19 heavy (non-hydrogen) atoms. The molecule has 0 radical (unpaired) electrons. The fourth-order valence-corrected chi connectivity index (χ4v) is 2.82. The highest BCUT2D eigenvalue weighted by molar-refractivity contribution is 5.47. The van der Waals surface area contributed by atoms with Gasteiger partial charge in [0.05, 0.1) is 11.6 Å². The second kappa shape index (κ2) is 5.58. The maximum atomic E-state index is 9.01. The van der Waals surface area contributed by atoms with Crippen LogP contribution in [0.3, 0.4) is 0 Å². The molecule has 0 bridgehead atoms. The predicted molar refractivity (Wildman–Crippen MR) is 74.9 cm³/mol. The topological polar surface area (TPSA) is 52.0 Å². The third-order valence-corrected chi connectivity index (χ3v) is 4.01. The van der Waals surface area contributed by atoms with Crippen LogP contribution in [0.1, 0.15) is 31.2 Å². The number of anilines is 1. The molecule has 1 atom stereocenters. The van der Waals surface area contributed by atoms with Crippen molar-refractivity contribution in [2.45, 2.75) is 31.7 Å². The summed E-state index contributed by atoms with van der Waals surface area (Å²) < 4.78 is 0. The molecule has 1 N–H and O–H groups in total. The molecule has 1 unspecified atom stereocenters. The summed E-state index contributed by atoms with van der Waals surface area (Å²) in [5.41, 5.74) is 0.706. The van der Waals surface area contributed by atoms with Crippen molar-refractivity contribution < 1.29 is 0 Å². The van der Waals surface area contributed by atoms with Crippen molar-refractivity contribution >= 4 is 5.82 Å². The van der Waals surface area contributed by atoms with Crippen LogP contribution in [0, 0.1) is 17.2 Å². The molecule has 2 fully saturated rings. The first-order valence-corrected chi connectivity index (χ1v) is 7.20. The third-order valence-electron chi connectivity index (χ3n) is 4.01. The summed E-state index contributed by atoms with van der Waals surface area (Å²) in [5.74, 6) is 1.69. The number of nitriles is 1. The summed E-state index contributed by atoms with van der Waals surface area (Å²) in [4.78, 5) is 6.88. The van der Waals surface area contributed by atoms with Crippen LogP contribution in [-0.4, -0.2) is 30.7 Å². The van der Waals surface area contributed by atoms with Gasteiger partial charge in [-0.05, 0) is 56.8 Å². The van der Waals surface area contributed by atoms with E-state index in [0.717, 1.165) is 25.5 Å². The molecule has 1 aromatic heterocycles. The van der Waals surface area contributed by atoms with Gasteiger partial charge in [-0.3, -0.25) is 0 Å². The number of aromatic nitrogens is 1. The van der Waals surface area contributed by atoms with E-state index in [2.05, 4.69) is 21.3 Å². The molecule has 0 spiro atoms. The van der Waals surface area contributed by atoms with Gasteiger partial charge in [-0.2, -0.15) is 5.26 Å². The first-order chi connectivity index (χ1) is 9.36. The first kappa shape index (κ1) is 12.4. The van der Waals surface area contributed by atoms with Gasteiger partial charge >= 0.3 is 0 Å². The predicted octanol–water partition coefficient (Wildman–Crippen LogP) is 1.92. The molecule has 0 aromatic carbocycles. The summed E-state index contributed by atoms with van der Waals surface area (Å²) in [6, 6.07) is 6.55. The Kier molecular flexibility index (Phi) is 3.65. The Bertz CT molecular complexity index is 469. The number of pyridine rings is 1. The lowest BCUT2D eigenvalue weighted by atomic mass is 9.99. The highest BCUT2D eigenvalue weighted by Gasteiger charge is 2.32. The van der Waals surface area contributed by atoms with Gasteiger partial charge in [-0.25, -0.2) is 4.98 Å². The van der Waals surface area contributed by atoms with E-state index in [9.17, 15) is 0 Å². The van der Waals surface area contributed by atoms with Crippen LogP contribution in [0.4, 0.5) is 5.82 Å². The van der Waals surface area contributed by atoms with E-state index in [-0.39, 0.29) is 0 Å². The molecule has 3 rings (SSSR count). The molecule has 1 saturated heterocycles. The molecule has 1 aliphatic heterocycles. The highest BCUT2D eigenvalue weighted by atomic mass is 15.2. The van der Waals surface area contributed by atoms with E-state index in [1.807, 2.05) is 6.07 Å². The van der Waals surface area contributed by atoms with Crippen LogP contribution >= 0.6 is 0 Å². The molecule has 1 aromatic rings. The number of nitrogens with zero attached hydrogens (tertiary/aromatic N) is 3. The van der Waals surface area contributed by atoms with E-state index in [0.29, 0.717) is 17.5 Å². The summed E-state index contributed by atoms with van der Waals surface area (Å²) >= 11 is 0. The number of hydrogen-bond acceptors (Lipinski definition) is 4. The van der Waals surface area contributed by atoms with E-state index in [1.165, 1.54) is 25.7 Å². The van der Waals surface area contributed by atoms with Crippen LogP contribution < -0.4 is 10.2 Å². The van der Waals surface area contributed by atoms with Crippen LogP contribution in [0.25, 0.3) is 0 Å². The van der Waals surface area contributed by atoms with Gasteiger partial charge in [0.25, 0.3) is 0 Å². The fourth-order valence-electron chi connectivity index (χ4n) is 2.82. The maximum absolute atomic E-state index is 9.01.